The zero-order chi connectivity index (χ0) is 55.8. The van der Waals surface area contributed by atoms with Crippen molar-refractivity contribution in [3.63, 3.8) is 0 Å². The van der Waals surface area contributed by atoms with Crippen molar-refractivity contribution in [3.8, 4) is 12.3 Å². The van der Waals surface area contributed by atoms with Crippen LogP contribution in [0.25, 0.3) is 0 Å². The number of ketones is 2. The number of carbonyl (C=O) groups excluding carboxylic acids is 7. The van der Waals surface area contributed by atoms with Crippen molar-refractivity contribution in [1.29, 1.82) is 0 Å². The van der Waals surface area contributed by atoms with E-state index in [0.717, 1.165) is 75.7 Å². The van der Waals surface area contributed by atoms with Crippen molar-refractivity contribution >= 4 is 71.0 Å². The summed E-state index contributed by atoms with van der Waals surface area (Å²) in [6.07, 6.45) is 15.6. The first-order chi connectivity index (χ1) is 36.7. The number of hydrogen-bond acceptors (Lipinski definition) is 16. The molecule has 1 aromatic rings. The van der Waals surface area contributed by atoms with Crippen LogP contribution >= 0.6 is 23.5 Å². The molecule has 7 atom stereocenters. The van der Waals surface area contributed by atoms with Gasteiger partial charge in [0.25, 0.3) is 5.91 Å². The van der Waals surface area contributed by atoms with Crippen LogP contribution in [0.3, 0.4) is 0 Å². The van der Waals surface area contributed by atoms with Crippen LogP contribution in [0, 0.1) is 12.3 Å². The molecule has 428 valence electrons. The van der Waals surface area contributed by atoms with Crippen LogP contribution in [0.1, 0.15) is 166 Å². The third kappa shape index (κ3) is 24.4. The van der Waals surface area contributed by atoms with Crippen molar-refractivity contribution in [2.75, 3.05) is 44.4 Å². The first-order valence-corrected chi connectivity index (χ1v) is 29.9. The predicted octanol–water partition coefficient (Wildman–Crippen LogP) is 5.95. The maximum atomic E-state index is 13.2. The van der Waals surface area contributed by atoms with E-state index >= 15 is 0 Å². The van der Waals surface area contributed by atoms with E-state index in [-0.39, 0.29) is 92.3 Å². The van der Waals surface area contributed by atoms with E-state index in [1.54, 1.807) is 12.1 Å². The van der Waals surface area contributed by atoms with Gasteiger partial charge in [-0.2, -0.15) is 23.5 Å². The van der Waals surface area contributed by atoms with E-state index in [9.17, 15) is 33.6 Å². The lowest BCUT2D eigenvalue weighted by Crippen LogP contribution is -2.51. The maximum Gasteiger partial charge on any atom is 0.414 e. The topological polar surface area (TPSA) is 256 Å². The number of ether oxygens (including phenoxy) is 3. The SMILES string of the molecule is C#CCOCCNC(=O)c1cc(CC(=O)CCCCCNC(=O)CCCCC2SCC3NC(NC(=O)OC(C)(C)C)=NC32)cc(CC(=O)CCCCCNC(=O)CCCCC2SCC3NC(NC(=O)OC(C)(C)C)NC32)c1. The van der Waals surface area contributed by atoms with Crippen molar-refractivity contribution in [1.82, 2.24) is 42.5 Å². The molecule has 19 nitrogen and oxygen atoms in total. The Bertz CT molecular complexity index is 2210. The molecule has 21 heteroatoms. The van der Waals surface area contributed by atoms with Crippen LogP contribution in [-0.2, 0) is 46.2 Å². The number of rotatable bonds is 32. The number of nitrogens with one attached hydrogen (secondary N) is 8. The van der Waals surface area contributed by atoms with E-state index < -0.39 is 23.4 Å². The number of nitrogens with zero attached hydrogens (tertiary/aromatic N) is 1. The molecule has 1 aromatic carbocycles. The van der Waals surface area contributed by atoms with Crippen LogP contribution < -0.4 is 42.5 Å². The Hall–Kier alpha value is -4.88. The number of Topliss-reactive ketones (excluding diaryl/α,β-unsaturated/α-hetero) is 2. The number of guanidine groups is 1. The highest BCUT2D eigenvalue weighted by molar-refractivity contribution is 8.00. The van der Waals surface area contributed by atoms with Gasteiger partial charge in [-0.25, -0.2) is 14.6 Å². The van der Waals surface area contributed by atoms with Crippen LogP contribution in [0.5, 0.6) is 0 Å². The number of benzene rings is 1. The van der Waals surface area contributed by atoms with Gasteiger partial charge >= 0.3 is 12.2 Å². The van der Waals surface area contributed by atoms with Gasteiger partial charge in [0.2, 0.25) is 17.8 Å². The van der Waals surface area contributed by atoms with Crippen LogP contribution in [0.15, 0.2) is 23.2 Å². The Morgan fingerprint density at radius 3 is 1.82 bits per heavy atom. The number of thioether (sulfide) groups is 2. The summed E-state index contributed by atoms with van der Waals surface area (Å²) in [5.41, 5.74) is 0.559. The smallest absolute Gasteiger partial charge is 0.414 e. The van der Waals surface area contributed by atoms with Crippen LogP contribution in [0.2, 0.25) is 0 Å². The maximum absolute atomic E-state index is 13.2. The molecular weight excluding hydrogens is 1020 g/mol. The molecule has 0 radical (unpaired) electrons. The highest BCUT2D eigenvalue weighted by Gasteiger charge is 2.44. The molecule has 0 bridgehead atoms. The molecule has 0 saturated carbocycles. The lowest BCUT2D eigenvalue weighted by Gasteiger charge is -2.23. The molecule has 7 unspecified atom stereocenters. The molecule has 77 heavy (non-hydrogen) atoms. The Labute approximate surface area is 465 Å². The second kappa shape index (κ2) is 32.3. The average molecular weight is 1110 g/mol. The Morgan fingerprint density at radius 1 is 0.662 bits per heavy atom. The Kier molecular flexibility index (Phi) is 26.4. The van der Waals surface area contributed by atoms with Gasteiger partial charge in [-0.05, 0) is 116 Å². The zero-order valence-corrected chi connectivity index (χ0v) is 48.0. The highest BCUT2D eigenvalue weighted by Crippen LogP contribution is 2.36. The first kappa shape index (κ1) is 63.0. The molecule has 0 spiro atoms. The number of unbranched alkanes of at least 4 members (excludes halogenated alkanes) is 6. The molecule has 5 rings (SSSR count). The monoisotopic (exact) mass is 1110 g/mol. The molecule has 8 N–H and O–H groups in total. The van der Waals surface area contributed by atoms with Gasteiger partial charge in [-0.15, -0.1) is 6.42 Å². The minimum absolute atomic E-state index is 0.0188. The number of aliphatic imine (C=N–C) groups is 1. The van der Waals surface area contributed by atoms with Gasteiger partial charge in [0.1, 0.15) is 35.7 Å². The average Bonchev–Trinajstić information content (AvgIpc) is 4.14. The third-order valence-electron chi connectivity index (χ3n) is 13.3. The molecule has 3 saturated heterocycles. The summed E-state index contributed by atoms with van der Waals surface area (Å²) < 4.78 is 16.0. The Morgan fingerprint density at radius 2 is 1.22 bits per heavy atom. The number of hydrogen-bond donors (Lipinski definition) is 8. The number of amides is 5. The number of terminal acetylenes is 1. The van der Waals surface area contributed by atoms with Gasteiger partial charge in [0, 0.05) is 97.8 Å². The molecule has 4 aliphatic rings. The summed E-state index contributed by atoms with van der Waals surface area (Å²) in [4.78, 5) is 93.8. The normalized spacial score (nSPS) is 21.4. The molecule has 3 fully saturated rings. The first-order valence-electron chi connectivity index (χ1n) is 27.8. The molecule has 0 aromatic heterocycles. The van der Waals surface area contributed by atoms with E-state index in [2.05, 4.69) is 48.5 Å². The summed E-state index contributed by atoms with van der Waals surface area (Å²) in [6.45, 7) is 12.7. The van der Waals surface area contributed by atoms with Crippen molar-refractivity contribution in [3.05, 3.63) is 34.9 Å². The second-order valence-corrected chi connectivity index (χ2v) is 25.0. The predicted molar refractivity (Wildman–Crippen MR) is 303 cm³/mol. The fourth-order valence-corrected chi connectivity index (χ4v) is 12.8. The second-order valence-electron chi connectivity index (χ2n) is 22.4. The van der Waals surface area contributed by atoms with Gasteiger partial charge in [0.15, 0.2) is 0 Å². The van der Waals surface area contributed by atoms with Crippen LogP contribution in [0.4, 0.5) is 9.59 Å². The van der Waals surface area contributed by atoms with Crippen molar-refractivity contribution in [2.24, 2.45) is 4.99 Å². The van der Waals surface area contributed by atoms with E-state index in [1.165, 1.54) is 0 Å². The van der Waals surface area contributed by atoms with Crippen molar-refractivity contribution < 1.29 is 47.8 Å². The minimum Gasteiger partial charge on any atom is -0.444 e. The summed E-state index contributed by atoms with van der Waals surface area (Å²) in [6, 6.07) is 6.01. The molecule has 5 amide bonds. The lowest BCUT2D eigenvalue weighted by molar-refractivity contribution is -0.122. The fraction of sp³-hybridized carbons (Fsp3) is 0.714. The van der Waals surface area contributed by atoms with Gasteiger partial charge < -0.3 is 35.5 Å². The van der Waals surface area contributed by atoms with E-state index in [0.29, 0.717) is 84.8 Å². The number of fused-ring (bicyclic) bond motifs is 2. The lowest BCUT2D eigenvalue weighted by atomic mass is 9.96. The minimum atomic E-state index is -0.592. The van der Waals surface area contributed by atoms with E-state index in [4.69, 9.17) is 25.6 Å². The molecule has 4 heterocycles. The fourth-order valence-electron chi connectivity index (χ4n) is 9.71. The summed E-state index contributed by atoms with van der Waals surface area (Å²) in [5, 5.41) is 25.4. The van der Waals surface area contributed by atoms with E-state index in [1.807, 2.05) is 71.1 Å². The standard InChI is InChI=1S/C56H87N9O10S2/c1-8-28-73-29-27-59-50(70)39-31-37(33-40(66)19-11-9-17-25-57-46(68)23-15-13-21-44-48-42(35-76-44)60-51(62-48)64-53(71)74-55(2,3)4)30-38(32-39)34-41(67)20-12-10-18-26-58-47(69)24-16-14-22-45-49-43(36-77-45)61-52(63-49)65-54(72)75-56(5,6)7/h1,30-32,42-45,48-49,51,60,62H,9-29,33-36H2,2-7H3,(H,57,68)(H,58,69)(H,59,70)(H,64,71)(H2,61,63,65,72). The van der Waals surface area contributed by atoms with Gasteiger partial charge in [0.05, 0.1) is 18.7 Å². The number of alkyl carbamates (subject to hydrolysis) is 2. The zero-order valence-electron chi connectivity index (χ0n) is 46.4. The van der Waals surface area contributed by atoms with Crippen LogP contribution in [-0.4, -0.2) is 144 Å². The van der Waals surface area contributed by atoms with Crippen molar-refractivity contribution in [2.45, 2.75) is 209 Å². The van der Waals surface area contributed by atoms with Gasteiger partial charge in [-0.3, -0.25) is 45.2 Å². The summed E-state index contributed by atoms with van der Waals surface area (Å²) >= 11 is 3.79. The highest BCUT2D eigenvalue weighted by atomic mass is 32.2. The third-order valence-corrected chi connectivity index (χ3v) is 16.3. The Balaban J connectivity index is 0.922. The number of carbonyl (C=O) groups is 7. The molecular formula is C56H87N9O10S2. The summed E-state index contributed by atoms with van der Waals surface area (Å²) in [5.74, 6) is 4.50. The quantitative estimate of drug-likeness (QED) is 0.0306. The molecule has 0 aliphatic carbocycles. The largest absolute Gasteiger partial charge is 0.444 e. The molecule has 4 aliphatic heterocycles. The summed E-state index contributed by atoms with van der Waals surface area (Å²) in [7, 11) is 0. The van der Waals surface area contributed by atoms with Gasteiger partial charge in [-0.1, -0.05) is 37.7 Å².